The van der Waals surface area contributed by atoms with Crippen LogP contribution in [0, 0.1) is 11.8 Å². The van der Waals surface area contributed by atoms with E-state index in [4.69, 9.17) is 17.2 Å². The van der Waals surface area contributed by atoms with Gasteiger partial charge >= 0.3 is 11.9 Å². The van der Waals surface area contributed by atoms with Gasteiger partial charge in [0.25, 0.3) is 0 Å². The molecule has 1 aromatic rings. The topological polar surface area (TPSA) is 269 Å². The molecule has 46 heavy (non-hydrogen) atoms. The summed E-state index contributed by atoms with van der Waals surface area (Å²) < 4.78 is 0. The Morgan fingerprint density at radius 2 is 1.41 bits per heavy atom. The molecule has 0 unspecified atom stereocenters. The highest BCUT2D eigenvalue weighted by atomic mass is 16.4. The lowest BCUT2D eigenvalue weighted by molar-refractivity contribution is -0.144. The number of carbonyl (C=O) groups excluding carboxylic acids is 4. The van der Waals surface area contributed by atoms with E-state index in [1.54, 1.807) is 44.2 Å². The second kappa shape index (κ2) is 20.5. The Kier molecular flexibility index (Phi) is 17.6. The summed E-state index contributed by atoms with van der Waals surface area (Å²) in [6.45, 7) is 5.49. The number of aliphatic imine (C=N–C) groups is 1. The van der Waals surface area contributed by atoms with Gasteiger partial charge in [-0.05, 0) is 30.7 Å². The number of hydrogen-bond donors (Lipinski definition) is 8. The van der Waals surface area contributed by atoms with Crippen LogP contribution >= 0.6 is 0 Å². The quantitative estimate of drug-likeness (QED) is 0.0473. The van der Waals surface area contributed by atoms with Gasteiger partial charge in [0.1, 0.15) is 12.1 Å². The average molecular weight is 648 g/mol. The van der Waals surface area contributed by atoms with Gasteiger partial charge in [0, 0.05) is 25.3 Å². The smallest absolute Gasteiger partial charge is 0.326 e. The predicted octanol–water partition coefficient (Wildman–Crippen LogP) is 0.0453. The second-order valence-electron chi connectivity index (χ2n) is 11.5. The van der Waals surface area contributed by atoms with Gasteiger partial charge in [0.05, 0.1) is 18.5 Å². The number of unbranched alkanes of at least 4 members (excludes halogenated alkanes) is 1. The highest BCUT2D eigenvalue weighted by Crippen LogP contribution is 2.19. The molecule has 0 aliphatic rings. The molecule has 0 aliphatic carbocycles. The van der Waals surface area contributed by atoms with Crippen molar-refractivity contribution < 1.29 is 39.0 Å². The Morgan fingerprint density at radius 1 is 0.804 bits per heavy atom. The molecule has 0 saturated heterocycles. The van der Waals surface area contributed by atoms with Crippen molar-refractivity contribution in [2.75, 3.05) is 6.54 Å². The molecular formula is C31H49N7O8. The molecule has 5 atom stereocenters. The van der Waals surface area contributed by atoms with E-state index in [2.05, 4.69) is 20.9 Å². The van der Waals surface area contributed by atoms with Gasteiger partial charge in [-0.3, -0.25) is 29.0 Å². The van der Waals surface area contributed by atoms with Crippen molar-refractivity contribution >= 4 is 41.4 Å². The molecule has 0 aromatic heterocycles. The van der Waals surface area contributed by atoms with Gasteiger partial charge in [-0.15, -0.1) is 0 Å². The number of ketones is 1. The van der Waals surface area contributed by atoms with Crippen LogP contribution < -0.4 is 33.2 Å². The first-order valence-electron chi connectivity index (χ1n) is 15.4. The maximum absolute atomic E-state index is 13.4. The molecule has 1 rings (SSSR count). The van der Waals surface area contributed by atoms with Gasteiger partial charge in [-0.2, -0.15) is 0 Å². The number of carbonyl (C=O) groups is 6. The third-order valence-electron chi connectivity index (χ3n) is 7.33. The molecule has 0 fully saturated rings. The molecule has 0 saturated carbocycles. The third kappa shape index (κ3) is 15.0. The molecule has 0 radical (unpaired) electrons. The number of nitrogens with two attached hydrogens (primary N) is 3. The lowest BCUT2D eigenvalue weighted by Crippen LogP contribution is -2.55. The van der Waals surface area contributed by atoms with Crippen molar-refractivity contribution in [3.05, 3.63) is 35.9 Å². The number of Topliss-reactive ketones (excluding diaryl/α,β-unsaturated/α-hetero) is 1. The van der Waals surface area contributed by atoms with Crippen LogP contribution in [0.3, 0.4) is 0 Å². The van der Waals surface area contributed by atoms with Crippen LogP contribution in [0.1, 0.15) is 71.3 Å². The molecule has 11 N–H and O–H groups in total. The first kappa shape index (κ1) is 39.5. The molecule has 15 heteroatoms. The maximum Gasteiger partial charge on any atom is 0.326 e. The maximum atomic E-state index is 13.4. The van der Waals surface area contributed by atoms with E-state index in [1.807, 2.05) is 6.92 Å². The molecule has 3 amide bonds. The number of rotatable bonds is 22. The highest BCUT2D eigenvalue weighted by Gasteiger charge is 2.34. The lowest BCUT2D eigenvalue weighted by atomic mass is 9.87. The molecule has 15 nitrogen and oxygen atoms in total. The zero-order chi connectivity index (χ0) is 34.8. The van der Waals surface area contributed by atoms with Crippen LogP contribution in [0.5, 0.6) is 0 Å². The van der Waals surface area contributed by atoms with E-state index < -0.39 is 84.3 Å². The van der Waals surface area contributed by atoms with Gasteiger partial charge in [0.2, 0.25) is 17.7 Å². The number of amides is 3. The second-order valence-corrected chi connectivity index (χ2v) is 11.5. The monoisotopic (exact) mass is 647 g/mol. The Morgan fingerprint density at radius 3 is 1.96 bits per heavy atom. The summed E-state index contributed by atoms with van der Waals surface area (Å²) in [6.07, 6.45) is 0.886. The molecule has 0 spiro atoms. The van der Waals surface area contributed by atoms with E-state index >= 15 is 0 Å². The van der Waals surface area contributed by atoms with E-state index in [9.17, 15) is 39.0 Å². The van der Waals surface area contributed by atoms with Crippen LogP contribution in [-0.2, 0) is 35.2 Å². The van der Waals surface area contributed by atoms with Crippen molar-refractivity contribution in [3.63, 3.8) is 0 Å². The fourth-order valence-electron chi connectivity index (χ4n) is 4.62. The van der Waals surface area contributed by atoms with E-state index in [1.165, 1.54) is 0 Å². The number of nitrogens with zero attached hydrogens (tertiary/aromatic N) is 1. The number of guanidine groups is 1. The highest BCUT2D eigenvalue weighted by molar-refractivity contribution is 5.97. The number of aliphatic carboxylic acids is 2. The van der Waals surface area contributed by atoms with Crippen LogP contribution in [0.15, 0.2) is 35.3 Å². The van der Waals surface area contributed by atoms with Crippen molar-refractivity contribution in [1.82, 2.24) is 16.0 Å². The number of carboxylic acids is 2. The van der Waals surface area contributed by atoms with Crippen molar-refractivity contribution in [3.8, 4) is 0 Å². The minimum atomic E-state index is -1.51. The number of hydrogen-bond acceptors (Lipinski definition) is 8. The summed E-state index contributed by atoms with van der Waals surface area (Å²) in [4.78, 5) is 80.0. The Bertz CT molecular complexity index is 1200. The van der Waals surface area contributed by atoms with Crippen LogP contribution in [0.4, 0.5) is 0 Å². The third-order valence-corrected chi connectivity index (χ3v) is 7.33. The van der Waals surface area contributed by atoms with Gasteiger partial charge in [-0.25, -0.2) is 4.79 Å². The summed E-state index contributed by atoms with van der Waals surface area (Å²) >= 11 is 0. The molecular weight excluding hydrogens is 598 g/mol. The molecule has 256 valence electrons. The Labute approximate surface area is 269 Å². The summed E-state index contributed by atoms with van der Waals surface area (Å²) in [5.41, 5.74) is 17.2. The fourth-order valence-corrected chi connectivity index (χ4v) is 4.62. The van der Waals surface area contributed by atoms with E-state index in [0.29, 0.717) is 24.8 Å². The zero-order valence-corrected chi connectivity index (χ0v) is 26.7. The molecule has 0 aliphatic heterocycles. The summed E-state index contributed by atoms with van der Waals surface area (Å²) in [7, 11) is 0. The fraction of sp³-hybridized carbons (Fsp3) is 0.581. The van der Waals surface area contributed by atoms with Crippen LogP contribution in [0.2, 0.25) is 0 Å². The average Bonchev–Trinajstić information content (AvgIpc) is 2.98. The minimum absolute atomic E-state index is 0.0170. The minimum Gasteiger partial charge on any atom is -0.481 e. The van der Waals surface area contributed by atoms with Gasteiger partial charge in [-0.1, -0.05) is 63.9 Å². The number of nitrogens with one attached hydrogen (secondary N) is 3. The molecule has 1 aromatic carbocycles. The normalized spacial score (nSPS) is 14.2. The van der Waals surface area contributed by atoms with Crippen molar-refractivity contribution in [1.29, 1.82) is 0 Å². The lowest BCUT2D eigenvalue weighted by Gasteiger charge is -2.26. The zero-order valence-electron chi connectivity index (χ0n) is 26.7. The Hall–Kier alpha value is -4.53. The first-order valence-corrected chi connectivity index (χ1v) is 15.4. The van der Waals surface area contributed by atoms with Crippen LogP contribution in [-0.4, -0.2) is 82.3 Å². The van der Waals surface area contributed by atoms with Gasteiger partial charge < -0.3 is 43.4 Å². The van der Waals surface area contributed by atoms with E-state index in [0.717, 1.165) is 0 Å². The Balaban J connectivity index is 3.03. The van der Waals surface area contributed by atoms with Crippen molar-refractivity contribution in [2.45, 2.75) is 96.3 Å². The first-order chi connectivity index (χ1) is 21.7. The van der Waals surface area contributed by atoms with Gasteiger partial charge in [0.15, 0.2) is 11.7 Å². The largest absolute Gasteiger partial charge is 0.481 e. The summed E-state index contributed by atoms with van der Waals surface area (Å²) in [6, 6.07) is 3.88. The summed E-state index contributed by atoms with van der Waals surface area (Å²) in [5.74, 6) is -6.94. The summed E-state index contributed by atoms with van der Waals surface area (Å²) in [5, 5.41) is 26.7. The SMILES string of the molecule is CCCC[C@H](NC(=O)[C@@H](N)CCCN=C(N)N)C(=O)N[C@@H](CC(=O)O)C(=O)C[C@@H](C(=O)N[C@@H](Cc1ccccc1)C(=O)O)C(C)C. The number of benzene rings is 1. The predicted molar refractivity (Wildman–Crippen MR) is 171 cm³/mol. The number of carboxylic acid groups (broad SMARTS) is 2. The molecule has 0 heterocycles. The van der Waals surface area contributed by atoms with Crippen molar-refractivity contribution in [2.24, 2.45) is 34.0 Å². The van der Waals surface area contributed by atoms with Crippen LogP contribution in [0.25, 0.3) is 0 Å². The van der Waals surface area contributed by atoms with E-state index in [-0.39, 0.29) is 31.8 Å². The standard InChI is InChI=1S/C31H49N7O8/c1-4-5-13-22(36-28(43)21(32)12-9-14-35-31(33)34)29(44)37-23(17-26(40)41)25(39)16-20(18(2)3)27(42)38-24(30(45)46)15-19-10-7-6-8-11-19/h6-8,10-11,18,20-24H,4-5,9,12-17,32H2,1-3H3,(H,36,43)(H,37,44)(H,38,42)(H,40,41)(H,45,46)(H4,33,34,35)/t20-,21+,22+,23+,24+/m1/s1. The molecule has 0 bridgehead atoms.